The van der Waals surface area contributed by atoms with E-state index < -0.39 is 11.8 Å². The van der Waals surface area contributed by atoms with Crippen LogP contribution in [0.5, 0.6) is 11.5 Å². The quantitative estimate of drug-likeness (QED) is 0.396. The zero-order valence-electron chi connectivity index (χ0n) is 19.0. The molecule has 0 atom stereocenters. The highest BCUT2D eigenvalue weighted by atomic mass is 16.5. The molecule has 0 aliphatic carbocycles. The van der Waals surface area contributed by atoms with Crippen molar-refractivity contribution >= 4 is 23.4 Å². The standard InChI is InChI=1S/C24H27N5O5/c1-3-13-34-20-8-7-18(15-21(20)33-2)24(32)28-27-23(31)17-5-4-6-19(14-17)26-22(30)9-11-29-12-10-25-16-29/h4-8,10,12,14-16H,3,9,11,13H2,1-2H3,(H,26,30)(H,27,31)(H,28,32). The molecular weight excluding hydrogens is 438 g/mol. The van der Waals surface area contributed by atoms with Crippen molar-refractivity contribution in [1.82, 2.24) is 20.4 Å². The van der Waals surface area contributed by atoms with Crippen molar-refractivity contribution in [2.24, 2.45) is 0 Å². The number of hydrogen-bond donors (Lipinski definition) is 3. The molecule has 0 unspecified atom stereocenters. The first-order valence-corrected chi connectivity index (χ1v) is 10.8. The van der Waals surface area contributed by atoms with E-state index in [-0.39, 0.29) is 17.9 Å². The number of methoxy groups -OCH3 is 1. The van der Waals surface area contributed by atoms with E-state index in [4.69, 9.17) is 9.47 Å². The molecule has 3 rings (SSSR count). The van der Waals surface area contributed by atoms with Crippen molar-refractivity contribution in [3.8, 4) is 11.5 Å². The van der Waals surface area contributed by atoms with Crippen molar-refractivity contribution in [3.63, 3.8) is 0 Å². The van der Waals surface area contributed by atoms with Crippen molar-refractivity contribution in [2.75, 3.05) is 19.0 Å². The maximum Gasteiger partial charge on any atom is 0.269 e. The third-order valence-electron chi connectivity index (χ3n) is 4.74. The molecule has 3 aromatic rings. The van der Waals surface area contributed by atoms with Gasteiger partial charge in [-0.1, -0.05) is 13.0 Å². The Balaban J connectivity index is 1.54. The Kier molecular flexibility index (Phi) is 8.61. The molecule has 10 nitrogen and oxygen atoms in total. The maximum absolute atomic E-state index is 12.5. The third-order valence-corrected chi connectivity index (χ3v) is 4.74. The van der Waals surface area contributed by atoms with Gasteiger partial charge < -0.3 is 19.4 Å². The first-order valence-electron chi connectivity index (χ1n) is 10.8. The topological polar surface area (TPSA) is 124 Å². The van der Waals surface area contributed by atoms with Gasteiger partial charge in [-0.3, -0.25) is 25.2 Å². The van der Waals surface area contributed by atoms with Gasteiger partial charge in [-0.15, -0.1) is 0 Å². The second-order valence-corrected chi connectivity index (χ2v) is 7.30. The average Bonchev–Trinajstić information content (AvgIpc) is 3.38. The molecule has 1 aromatic heterocycles. The monoisotopic (exact) mass is 465 g/mol. The number of ether oxygens (including phenoxy) is 2. The smallest absolute Gasteiger partial charge is 0.269 e. The number of carbonyl (C=O) groups excluding carboxylic acids is 3. The van der Waals surface area contributed by atoms with Gasteiger partial charge in [0, 0.05) is 42.2 Å². The number of hydrazine groups is 1. The van der Waals surface area contributed by atoms with Crippen molar-refractivity contribution in [1.29, 1.82) is 0 Å². The Morgan fingerprint density at radius 3 is 2.44 bits per heavy atom. The lowest BCUT2D eigenvalue weighted by atomic mass is 10.2. The van der Waals surface area contributed by atoms with E-state index in [1.807, 2.05) is 6.92 Å². The predicted octanol–water partition coefficient (Wildman–Crippen LogP) is 2.78. The van der Waals surface area contributed by atoms with Crippen molar-refractivity contribution in [3.05, 3.63) is 72.3 Å². The Labute approximate surface area is 197 Å². The highest BCUT2D eigenvalue weighted by Crippen LogP contribution is 2.28. The van der Waals surface area contributed by atoms with Crippen LogP contribution in [0, 0.1) is 0 Å². The van der Waals surface area contributed by atoms with Gasteiger partial charge in [-0.2, -0.15) is 0 Å². The van der Waals surface area contributed by atoms with Gasteiger partial charge in [0.1, 0.15) is 0 Å². The molecule has 0 bridgehead atoms. The number of aromatic nitrogens is 2. The van der Waals surface area contributed by atoms with Gasteiger partial charge in [0.05, 0.1) is 20.0 Å². The number of amides is 3. The lowest BCUT2D eigenvalue weighted by Crippen LogP contribution is -2.41. The number of hydrogen-bond acceptors (Lipinski definition) is 6. The van der Waals surface area contributed by atoms with Crippen molar-refractivity contribution in [2.45, 2.75) is 26.3 Å². The molecule has 0 saturated heterocycles. The minimum Gasteiger partial charge on any atom is -0.493 e. The maximum atomic E-state index is 12.5. The number of carbonyl (C=O) groups is 3. The van der Waals surface area contributed by atoms with E-state index >= 15 is 0 Å². The highest BCUT2D eigenvalue weighted by Gasteiger charge is 2.13. The lowest BCUT2D eigenvalue weighted by molar-refractivity contribution is -0.116. The number of nitrogens with zero attached hydrogens (tertiary/aromatic N) is 2. The van der Waals surface area contributed by atoms with Crippen molar-refractivity contribution < 1.29 is 23.9 Å². The summed E-state index contributed by atoms with van der Waals surface area (Å²) in [7, 11) is 1.49. The Bertz CT molecular complexity index is 1130. The summed E-state index contributed by atoms with van der Waals surface area (Å²) in [5.74, 6) is -0.284. The summed E-state index contributed by atoms with van der Waals surface area (Å²) in [4.78, 5) is 41.1. The second kappa shape index (κ2) is 12.0. The summed E-state index contributed by atoms with van der Waals surface area (Å²) in [6.45, 7) is 3.01. The Morgan fingerprint density at radius 1 is 1.00 bits per heavy atom. The molecule has 2 aromatic carbocycles. The molecule has 3 amide bonds. The molecular formula is C24H27N5O5. The molecule has 10 heteroatoms. The van der Waals surface area contributed by atoms with Crippen LogP contribution in [0.3, 0.4) is 0 Å². The summed E-state index contributed by atoms with van der Waals surface area (Å²) in [5.41, 5.74) is 5.79. The number of anilines is 1. The second-order valence-electron chi connectivity index (χ2n) is 7.30. The van der Waals surface area contributed by atoms with E-state index in [2.05, 4.69) is 21.2 Å². The van der Waals surface area contributed by atoms with Crippen LogP contribution in [-0.2, 0) is 11.3 Å². The molecule has 0 spiro atoms. The van der Waals surface area contributed by atoms with E-state index in [1.165, 1.54) is 19.2 Å². The molecule has 178 valence electrons. The van der Waals surface area contributed by atoms with Gasteiger partial charge in [0.25, 0.3) is 11.8 Å². The van der Waals surface area contributed by atoms with Crippen LogP contribution in [0.1, 0.15) is 40.5 Å². The fraction of sp³-hybridized carbons (Fsp3) is 0.250. The molecule has 0 fully saturated rings. The summed E-state index contributed by atoms with van der Waals surface area (Å²) in [5, 5.41) is 2.76. The number of benzene rings is 2. The zero-order chi connectivity index (χ0) is 24.3. The van der Waals surface area contributed by atoms with Crippen LogP contribution in [0.2, 0.25) is 0 Å². The average molecular weight is 466 g/mol. The van der Waals surface area contributed by atoms with Crippen LogP contribution in [0.25, 0.3) is 0 Å². The van der Waals surface area contributed by atoms with E-state index in [1.54, 1.807) is 53.6 Å². The summed E-state index contributed by atoms with van der Waals surface area (Å²) >= 11 is 0. The number of aryl methyl sites for hydroxylation is 1. The van der Waals surface area contributed by atoms with E-state index in [9.17, 15) is 14.4 Å². The molecule has 0 saturated carbocycles. The van der Waals surface area contributed by atoms with E-state index in [0.29, 0.717) is 35.9 Å². The summed E-state index contributed by atoms with van der Waals surface area (Å²) < 4.78 is 12.7. The van der Waals surface area contributed by atoms with Crippen LogP contribution in [0.4, 0.5) is 5.69 Å². The van der Waals surface area contributed by atoms with Gasteiger partial charge in [-0.25, -0.2) is 4.98 Å². The Hall–Kier alpha value is -4.34. The Morgan fingerprint density at radius 2 is 1.76 bits per heavy atom. The van der Waals surface area contributed by atoms with Crippen LogP contribution in [0.15, 0.2) is 61.2 Å². The molecule has 3 N–H and O–H groups in total. The summed E-state index contributed by atoms with van der Waals surface area (Å²) in [6.07, 6.45) is 6.16. The van der Waals surface area contributed by atoms with Gasteiger partial charge in [0.15, 0.2) is 11.5 Å². The zero-order valence-corrected chi connectivity index (χ0v) is 19.0. The summed E-state index contributed by atoms with van der Waals surface area (Å²) in [6, 6.07) is 11.2. The normalized spacial score (nSPS) is 10.3. The lowest BCUT2D eigenvalue weighted by Gasteiger charge is -2.12. The fourth-order valence-electron chi connectivity index (χ4n) is 3.01. The van der Waals surface area contributed by atoms with Crippen LogP contribution in [-0.4, -0.2) is 41.0 Å². The largest absolute Gasteiger partial charge is 0.493 e. The first-order chi connectivity index (χ1) is 16.5. The van der Waals surface area contributed by atoms with Gasteiger partial charge in [0.2, 0.25) is 5.91 Å². The van der Waals surface area contributed by atoms with Crippen LogP contribution >= 0.6 is 0 Å². The van der Waals surface area contributed by atoms with Gasteiger partial charge >= 0.3 is 0 Å². The minimum atomic E-state index is -0.530. The SMILES string of the molecule is CCCOc1ccc(C(=O)NNC(=O)c2cccc(NC(=O)CCn3ccnc3)c2)cc1OC. The van der Waals surface area contributed by atoms with E-state index in [0.717, 1.165) is 6.42 Å². The molecule has 34 heavy (non-hydrogen) atoms. The predicted molar refractivity (Wildman–Crippen MR) is 126 cm³/mol. The van der Waals surface area contributed by atoms with Gasteiger partial charge in [-0.05, 0) is 42.8 Å². The number of imidazole rings is 1. The number of rotatable bonds is 10. The molecule has 1 heterocycles. The molecule has 0 radical (unpaired) electrons. The fourth-order valence-corrected chi connectivity index (χ4v) is 3.01. The van der Waals surface area contributed by atoms with Crippen LogP contribution < -0.4 is 25.6 Å². The highest BCUT2D eigenvalue weighted by molar-refractivity contribution is 6.00. The third kappa shape index (κ3) is 6.83. The minimum absolute atomic E-state index is 0.195. The molecule has 0 aliphatic rings. The molecule has 0 aliphatic heterocycles. The first kappa shape index (κ1) is 24.3. The number of nitrogens with one attached hydrogen (secondary N) is 3.